The van der Waals surface area contributed by atoms with Crippen molar-refractivity contribution in [3.8, 4) is 6.26 Å². The Morgan fingerprint density at radius 3 is 2.09 bits per heavy atom. The molecule has 0 aromatic carbocycles. The number of nitrogens with zero attached hydrogens (tertiary/aromatic N) is 4. The van der Waals surface area contributed by atoms with Crippen LogP contribution >= 0.6 is 0 Å². The third-order valence-electron chi connectivity index (χ3n) is 5.83. The van der Waals surface area contributed by atoms with Gasteiger partial charge in [0.15, 0.2) is 12.5 Å². The molecule has 7 atom stereocenters. The molecule has 11 heteroatoms. The Morgan fingerprint density at radius 2 is 1.66 bits per heavy atom. The van der Waals surface area contributed by atoms with Gasteiger partial charge in [-0.25, -0.2) is 0 Å². The Kier molecular flexibility index (Phi) is 16.5. The Morgan fingerprint density at radius 1 is 1.14 bits per heavy atom. The van der Waals surface area contributed by atoms with Gasteiger partial charge in [-0.2, -0.15) is 10.3 Å². The zero-order chi connectivity index (χ0) is 27.9. The topological polar surface area (TPSA) is 162 Å². The number of hydrogen-bond acceptors (Lipinski definition) is 10. The predicted molar refractivity (Wildman–Crippen MR) is 132 cm³/mol. The van der Waals surface area contributed by atoms with Gasteiger partial charge in [0.1, 0.15) is 17.3 Å². The molecule has 1 heterocycles. The Balaban J connectivity index is 0. The van der Waals surface area contributed by atoms with Crippen LogP contribution in [-0.2, 0) is 19.1 Å². The van der Waals surface area contributed by atoms with E-state index in [0.29, 0.717) is 5.01 Å². The number of ketones is 1. The molecule has 202 valence electrons. The zero-order valence-electron chi connectivity index (χ0n) is 22.8. The number of nitroso groups, excluding NO2 is 1. The zero-order valence-corrected chi connectivity index (χ0v) is 22.8. The lowest BCUT2D eigenvalue weighted by molar-refractivity contribution is -0.180. The highest BCUT2D eigenvalue weighted by molar-refractivity contribution is 5.99. The second kappa shape index (κ2) is 16.8. The van der Waals surface area contributed by atoms with Crippen LogP contribution in [0, 0.1) is 40.1 Å². The highest BCUT2D eigenvalue weighted by Crippen LogP contribution is 2.33. The molecule has 1 saturated heterocycles. The lowest BCUT2D eigenvalue weighted by Crippen LogP contribution is -2.49. The molecule has 0 aromatic rings. The maximum atomic E-state index is 12.8. The lowest BCUT2D eigenvalue weighted by Gasteiger charge is -2.36. The average Bonchev–Trinajstić information content (AvgIpc) is 2.84. The van der Waals surface area contributed by atoms with Gasteiger partial charge in [-0.1, -0.05) is 60.5 Å². The van der Waals surface area contributed by atoms with E-state index in [2.05, 4.69) is 10.4 Å². The molecule has 1 aliphatic rings. The molecule has 3 unspecified atom stereocenters. The van der Waals surface area contributed by atoms with Crippen LogP contribution in [0.15, 0.2) is 10.4 Å². The summed E-state index contributed by atoms with van der Waals surface area (Å²) in [5, 5.41) is 36.3. The van der Waals surface area contributed by atoms with Gasteiger partial charge in [0, 0.05) is 24.2 Å². The molecule has 1 rings (SSSR count). The van der Waals surface area contributed by atoms with Crippen LogP contribution in [0.5, 0.6) is 0 Å². The van der Waals surface area contributed by atoms with Crippen molar-refractivity contribution < 1.29 is 29.4 Å². The summed E-state index contributed by atoms with van der Waals surface area (Å²) in [4.78, 5) is 36.9. The summed E-state index contributed by atoms with van der Waals surface area (Å²) in [5.74, 6) is -4.42. The second-order valence-electron chi connectivity index (χ2n) is 8.47. The molecule has 1 aliphatic heterocycles. The number of Topliss-reactive ketones (excluding diaryl/α,β-unsaturated/α-hetero) is 1. The van der Waals surface area contributed by atoms with Crippen molar-refractivity contribution in [3.05, 3.63) is 4.91 Å². The fourth-order valence-electron chi connectivity index (χ4n) is 4.17. The summed E-state index contributed by atoms with van der Waals surface area (Å²) in [5.41, 5.74) is -0.967. The summed E-state index contributed by atoms with van der Waals surface area (Å²) in [7, 11) is 0. The van der Waals surface area contributed by atoms with E-state index in [0.717, 1.165) is 0 Å². The van der Waals surface area contributed by atoms with Crippen LogP contribution in [0.1, 0.15) is 88.5 Å². The molecule has 0 saturated carbocycles. The molecule has 0 spiro atoms. The van der Waals surface area contributed by atoms with E-state index in [1.807, 2.05) is 27.7 Å². The van der Waals surface area contributed by atoms with Crippen molar-refractivity contribution >= 4 is 17.5 Å². The summed E-state index contributed by atoms with van der Waals surface area (Å²) in [6.45, 7) is 17.6. The lowest BCUT2D eigenvalue weighted by atomic mass is 9.78. The number of carbonyl (C=O) groups excluding carboxylic acids is 2. The molecule has 0 radical (unpaired) electrons. The van der Waals surface area contributed by atoms with E-state index < -0.39 is 53.5 Å². The molecule has 2 N–H and O–H groups in total. The Labute approximate surface area is 209 Å². The van der Waals surface area contributed by atoms with Gasteiger partial charge in [-0.3, -0.25) is 9.59 Å². The summed E-state index contributed by atoms with van der Waals surface area (Å²) in [6, 6.07) is 0. The fraction of sp³-hybridized carbons (Fsp3) is 0.833. The van der Waals surface area contributed by atoms with E-state index >= 15 is 0 Å². The number of esters is 1. The molecule has 0 aliphatic carbocycles. The maximum absolute atomic E-state index is 12.8. The van der Waals surface area contributed by atoms with Crippen molar-refractivity contribution in [3.63, 3.8) is 0 Å². The minimum absolute atomic E-state index is 0.118. The van der Waals surface area contributed by atoms with Gasteiger partial charge in [0.05, 0.1) is 11.0 Å². The molecular formula is C24H44N4O7. The first-order valence-electron chi connectivity index (χ1n) is 12.3. The van der Waals surface area contributed by atoms with Crippen molar-refractivity contribution in [2.75, 3.05) is 0 Å². The average molecular weight is 501 g/mol. The predicted octanol–water partition coefficient (Wildman–Crippen LogP) is 4.61. The van der Waals surface area contributed by atoms with Gasteiger partial charge in [-0.05, 0) is 26.7 Å². The van der Waals surface area contributed by atoms with Crippen LogP contribution < -0.4 is 0 Å². The number of ether oxygens (including phenoxy) is 2. The largest absolute Gasteiger partial charge is 0.439 e. The number of carbonyl (C=O) groups is 2. The number of hydrogen-bond donors (Lipinski definition) is 2. The van der Waals surface area contributed by atoms with Gasteiger partial charge in [0.25, 0.3) is 6.26 Å². The van der Waals surface area contributed by atoms with E-state index in [1.165, 1.54) is 13.8 Å². The van der Waals surface area contributed by atoms with Crippen LogP contribution in [-0.4, -0.2) is 50.8 Å². The molecule has 0 aromatic heterocycles. The highest BCUT2D eigenvalue weighted by Gasteiger charge is 2.41. The number of aliphatic hydroxyl groups excluding tert-OH is 1. The van der Waals surface area contributed by atoms with Crippen molar-refractivity contribution in [1.29, 1.82) is 5.26 Å². The van der Waals surface area contributed by atoms with Gasteiger partial charge >= 0.3 is 5.97 Å². The summed E-state index contributed by atoms with van der Waals surface area (Å²) < 4.78 is 10.6. The SMILES string of the molecule is CC.CC.CC[C@H]1OC(=O)C(C)C(=O)[C@H](C)C[C@](C)(OC#N)C[C@@H](C)/C(=N\O)C(C)C(O)N1N=O. The smallest absolute Gasteiger partial charge is 0.318 e. The van der Waals surface area contributed by atoms with E-state index in [-0.39, 0.29) is 25.0 Å². The molecule has 0 bridgehead atoms. The first-order chi connectivity index (χ1) is 16.5. The monoisotopic (exact) mass is 500 g/mol. The standard InChI is InChI=1S/C20H32N4O7.2C2H6/c1-7-15-24(23-29)18(26)13(4)16(22-28)11(2)8-20(6,30-10-21)9-12(3)17(25)14(5)19(27)31-15;2*1-2/h11-15,18,26,28H,7-9H2,1-6H3;2*1-2H3/b22-16+;;/t11-,12-,13?,14?,15-,18?,20-;;/m1../s1. The van der Waals surface area contributed by atoms with Crippen molar-refractivity contribution in [2.24, 2.45) is 34.1 Å². The number of rotatable bonds is 3. The van der Waals surface area contributed by atoms with Gasteiger partial charge in [-0.15, -0.1) is 4.91 Å². The van der Waals surface area contributed by atoms with Gasteiger partial charge < -0.3 is 19.8 Å². The van der Waals surface area contributed by atoms with Crippen LogP contribution in [0.4, 0.5) is 0 Å². The first kappa shape index (κ1) is 34.4. The number of nitriles is 1. The molecular weight excluding hydrogens is 456 g/mol. The summed E-state index contributed by atoms with van der Waals surface area (Å²) in [6.07, 6.45) is -0.695. The Bertz CT molecular complexity index is 740. The molecule has 35 heavy (non-hydrogen) atoms. The minimum atomic E-state index is -1.57. The number of cyclic esters (lactones) is 1. The van der Waals surface area contributed by atoms with Crippen molar-refractivity contribution in [1.82, 2.24) is 5.01 Å². The highest BCUT2D eigenvalue weighted by atomic mass is 16.6. The third kappa shape index (κ3) is 9.43. The quantitative estimate of drug-likeness (QED) is 0.141. The number of oxime groups is 1. The van der Waals surface area contributed by atoms with Crippen LogP contribution in [0.2, 0.25) is 0 Å². The molecule has 0 amide bonds. The van der Waals surface area contributed by atoms with Crippen LogP contribution in [0.25, 0.3) is 0 Å². The van der Waals surface area contributed by atoms with E-state index in [4.69, 9.17) is 14.7 Å². The normalized spacial score (nSPS) is 33.5. The maximum Gasteiger partial charge on any atom is 0.318 e. The molecule has 11 nitrogen and oxygen atoms in total. The Hall–Kier alpha value is -2.74. The number of aliphatic hydroxyl groups is 1. The first-order valence-corrected chi connectivity index (χ1v) is 12.3. The summed E-state index contributed by atoms with van der Waals surface area (Å²) >= 11 is 0. The van der Waals surface area contributed by atoms with Gasteiger partial charge in [0.2, 0.25) is 0 Å². The fourth-order valence-corrected chi connectivity index (χ4v) is 4.17. The molecule has 1 fully saturated rings. The van der Waals surface area contributed by atoms with Crippen LogP contribution in [0.3, 0.4) is 0 Å². The van der Waals surface area contributed by atoms with E-state index in [9.17, 15) is 24.8 Å². The third-order valence-corrected chi connectivity index (χ3v) is 5.83. The minimum Gasteiger partial charge on any atom is -0.439 e. The van der Waals surface area contributed by atoms with E-state index in [1.54, 1.807) is 34.0 Å². The second-order valence-corrected chi connectivity index (χ2v) is 8.47. The van der Waals surface area contributed by atoms with Crippen molar-refractivity contribution in [2.45, 2.75) is 107 Å².